The lowest BCUT2D eigenvalue weighted by Gasteiger charge is -2.15. The van der Waals surface area contributed by atoms with E-state index in [0.29, 0.717) is 17.7 Å². The van der Waals surface area contributed by atoms with Gasteiger partial charge in [-0.25, -0.2) is 4.39 Å². The van der Waals surface area contributed by atoms with Gasteiger partial charge in [-0.3, -0.25) is 4.79 Å². The lowest BCUT2D eigenvalue weighted by atomic mass is 9.92. The zero-order valence-electron chi connectivity index (χ0n) is 11.0. The van der Waals surface area contributed by atoms with Crippen LogP contribution in [-0.2, 0) is 11.2 Å². The van der Waals surface area contributed by atoms with E-state index in [1.54, 1.807) is 19.2 Å². The van der Waals surface area contributed by atoms with Crippen LogP contribution in [0.4, 0.5) is 4.39 Å². The summed E-state index contributed by atoms with van der Waals surface area (Å²) in [7, 11) is 1.57. The van der Waals surface area contributed by atoms with Gasteiger partial charge in [0.15, 0.2) is 0 Å². The largest absolute Gasteiger partial charge is 0.496 e. The third-order valence-electron chi connectivity index (χ3n) is 3.14. The number of halogens is 2. The van der Waals surface area contributed by atoms with E-state index in [1.165, 1.54) is 12.1 Å². The molecule has 0 bridgehead atoms. The Bertz CT molecular complexity index is 613. The molecule has 0 aliphatic carbocycles. The summed E-state index contributed by atoms with van der Waals surface area (Å²) in [5, 5.41) is -0.512. The van der Waals surface area contributed by atoms with Crippen molar-refractivity contribution in [1.82, 2.24) is 0 Å². The SMILES string of the molecule is COc1ccccc1CC(C(=O)Cl)c1cccc(F)c1. The van der Waals surface area contributed by atoms with Gasteiger partial charge < -0.3 is 4.74 Å². The van der Waals surface area contributed by atoms with Crippen molar-refractivity contribution < 1.29 is 13.9 Å². The number of methoxy groups -OCH3 is 1. The van der Waals surface area contributed by atoms with Crippen LogP contribution in [0.25, 0.3) is 0 Å². The summed E-state index contributed by atoms with van der Waals surface area (Å²) in [6.07, 6.45) is 0.371. The van der Waals surface area contributed by atoms with Crippen molar-refractivity contribution in [3.8, 4) is 5.75 Å². The van der Waals surface area contributed by atoms with Crippen LogP contribution >= 0.6 is 11.6 Å². The molecule has 104 valence electrons. The van der Waals surface area contributed by atoms with Crippen molar-refractivity contribution in [1.29, 1.82) is 0 Å². The topological polar surface area (TPSA) is 26.3 Å². The highest BCUT2D eigenvalue weighted by Crippen LogP contribution is 2.28. The number of ether oxygens (including phenoxy) is 1. The second-order valence-corrected chi connectivity index (χ2v) is 4.80. The standard InChI is InChI=1S/C16H14ClFO2/c1-20-15-8-3-2-5-12(15)10-14(16(17)19)11-6-4-7-13(18)9-11/h2-9,14H,10H2,1H3. The molecule has 1 unspecified atom stereocenters. The highest BCUT2D eigenvalue weighted by atomic mass is 35.5. The number of benzene rings is 2. The van der Waals surface area contributed by atoms with Gasteiger partial charge in [0.05, 0.1) is 13.0 Å². The van der Waals surface area contributed by atoms with Crippen molar-refractivity contribution in [3.63, 3.8) is 0 Å². The van der Waals surface area contributed by atoms with E-state index in [-0.39, 0.29) is 5.82 Å². The monoisotopic (exact) mass is 292 g/mol. The summed E-state index contributed by atoms with van der Waals surface area (Å²) < 4.78 is 18.6. The molecule has 0 aromatic heterocycles. The molecule has 1 atom stereocenters. The summed E-state index contributed by atoms with van der Waals surface area (Å²) in [5.74, 6) is -0.291. The summed E-state index contributed by atoms with van der Waals surface area (Å²) in [6, 6.07) is 13.3. The molecule has 0 fully saturated rings. The van der Waals surface area contributed by atoms with Gasteiger partial charge in [0.2, 0.25) is 5.24 Å². The van der Waals surface area contributed by atoms with E-state index in [0.717, 1.165) is 5.56 Å². The molecule has 0 amide bonds. The smallest absolute Gasteiger partial charge is 0.229 e. The van der Waals surface area contributed by atoms with Crippen LogP contribution in [0, 0.1) is 5.82 Å². The predicted molar refractivity (Wildman–Crippen MR) is 76.7 cm³/mol. The highest BCUT2D eigenvalue weighted by molar-refractivity contribution is 6.64. The zero-order chi connectivity index (χ0) is 14.5. The molecular weight excluding hydrogens is 279 g/mol. The maximum Gasteiger partial charge on any atom is 0.229 e. The van der Waals surface area contributed by atoms with Crippen LogP contribution in [-0.4, -0.2) is 12.4 Å². The summed E-state index contributed by atoms with van der Waals surface area (Å²) in [6.45, 7) is 0. The zero-order valence-corrected chi connectivity index (χ0v) is 11.7. The van der Waals surface area contributed by atoms with E-state index in [9.17, 15) is 9.18 Å². The van der Waals surface area contributed by atoms with Crippen LogP contribution in [0.2, 0.25) is 0 Å². The first kappa shape index (κ1) is 14.5. The Morgan fingerprint density at radius 3 is 2.65 bits per heavy atom. The molecule has 2 nitrogen and oxygen atoms in total. The van der Waals surface area contributed by atoms with Gasteiger partial charge in [-0.1, -0.05) is 30.3 Å². The second-order valence-electron chi connectivity index (χ2n) is 4.43. The van der Waals surface area contributed by atoms with Crippen molar-refractivity contribution in [3.05, 3.63) is 65.5 Å². The number of carbonyl (C=O) groups excluding carboxylic acids is 1. The molecule has 0 heterocycles. The van der Waals surface area contributed by atoms with E-state index in [2.05, 4.69) is 0 Å². The molecule has 2 rings (SSSR count). The predicted octanol–water partition coefficient (Wildman–Crippen LogP) is 3.93. The lowest BCUT2D eigenvalue weighted by molar-refractivity contribution is -0.113. The summed E-state index contributed by atoms with van der Waals surface area (Å²) in [4.78, 5) is 11.7. The first-order valence-electron chi connectivity index (χ1n) is 6.18. The van der Waals surface area contributed by atoms with Gasteiger partial charge in [0.25, 0.3) is 0 Å². The maximum atomic E-state index is 13.3. The van der Waals surface area contributed by atoms with Crippen molar-refractivity contribution in [2.24, 2.45) is 0 Å². The van der Waals surface area contributed by atoms with Gasteiger partial charge in [-0.05, 0) is 47.3 Å². The minimum absolute atomic E-state index is 0.371. The van der Waals surface area contributed by atoms with Gasteiger partial charge in [0, 0.05) is 0 Å². The first-order valence-corrected chi connectivity index (χ1v) is 6.56. The fourth-order valence-electron chi connectivity index (χ4n) is 2.14. The van der Waals surface area contributed by atoms with Crippen LogP contribution in [0.3, 0.4) is 0 Å². The molecule has 0 saturated heterocycles. The molecule has 0 radical (unpaired) electrons. The molecular formula is C16H14ClFO2. The van der Waals surface area contributed by atoms with Crippen LogP contribution in [0.1, 0.15) is 17.0 Å². The fraction of sp³-hybridized carbons (Fsp3) is 0.188. The fourth-order valence-corrected chi connectivity index (χ4v) is 2.35. The Morgan fingerprint density at radius 1 is 1.25 bits per heavy atom. The summed E-state index contributed by atoms with van der Waals surface area (Å²) in [5.41, 5.74) is 1.43. The number of para-hydroxylation sites is 1. The molecule has 0 N–H and O–H groups in total. The van der Waals surface area contributed by atoms with Crippen molar-refractivity contribution in [2.45, 2.75) is 12.3 Å². The third kappa shape index (κ3) is 3.36. The van der Waals surface area contributed by atoms with E-state index in [1.807, 2.05) is 24.3 Å². The molecule has 20 heavy (non-hydrogen) atoms. The van der Waals surface area contributed by atoms with Gasteiger partial charge >= 0.3 is 0 Å². The average molecular weight is 293 g/mol. The van der Waals surface area contributed by atoms with Crippen LogP contribution < -0.4 is 4.74 Å². The molecule has 2 aromatic rings. The number of rotatable bonds is 5. The van der Waals surface area contributed by atoms with Crippen molar-refractivity contribution >= 4 is 16.8 Å². The average Bonchev–Trinajstić information content (AvgIpc) is 2.44. The number of hydrogen-bond acceptors (Lipinski definition) is 2. The van der Waals surface area contributed by atoms with Crippen LogP contribution in [0.5, 0.6) is 5.75 Å². The third-order valence-corrected chi connectivity index (χ3v) is 3.40. The second kappa shape index (κ2) is 6.53. The van der Waals surface area contributed by atoms with E-state index >= 15 is 0 Å². The van der Waals surface area contributed by atoms with Gasteiger partial charge in [-0.2, -0.15) is 0 Å². The molecule has 2 aromatic carbocycles. The summed E-state index contributed by atoms with van der Waals surface area (Å²) >= 11 is 5.67. The molecule has 0 spiro atoms. The molecule has 0 aliphatic heterocycles. The molecule has 4 heteroatoms. The normalized spacial score (nSPS) is 11.9. The first-order chi connectivity index (χ1) is 9.61. The van der Waals surface area contributed by atoms with Gasteiger partial charge in [-0.15, -0.1) is 0 Å². The number of carbonyl (C=O) groups is 1. The highest BCUT2D eigenvalue weighted by Gasteiger charge is 2.21. The Kier molecular flexibility index (Phi) is 4.74. The molecule has 0 aliphatic rings. The van der Waals surface area contributed by atoms with Crippen LogP contribution in [0.15, 0.2) is 48.5 Å². The number of hydrogen-bond donors (Lipinski definition) is 0. The minimum Gasteiger partial charge on any atom is -0.496 e. The Balaban J connectivity index is 2.33. The Hall–Kier alpha value is -1.87. The quantitative estimate of drug-likeness (QED) is 0.781. The molecule has 0 saturated carbocycles. The maximum absolute atomic E-state index is 13.3. The lowest BCUT2D eigenvalue weighted by Crippen LogP contribution is -2.11. The van der Waals surface area contributed by atoms with Crippen molar-refractivity contribution in [2.75, 3.05) is 7.11 Å². The Labute approximate surface area is 122 Å². The van der Waals surface area contributed by atoms with Gasteiger partial charge in [0.1, 0.15) is 11.6 Å². The minimum atomic E-state index is -0.594. The van der Waals surface area contributed by atoms with E-state index < -0.39 is 11.2 Å². The Morgan fingerprint density at radius 2 is 2.00 bits per heavy atom. The van der Waals surface area contributed by atoms with E-state index in [4.69, 9.17) is 16.3 Å².